The topological polar surface area (TPSA) is 58.4 Å². The number of amides is 1. The molecule has 1 aliphatic carbocycles. The average Bonchev–Trinajstić information content (AvgIpc) is 3.19. The molecule has 0 radical (unpaired) electrons. The van der Waals surface area contributed by atoms with E-state index in [1.54, 1.807) is 22.0 Å². The van der Waals surface area contributed by atoms with Crippen LogP contribution in [0.4, 0.5) is 5.95 Å². The van der Waals surface area contributed by atoms with Gasteiger partial charge in [0, 0.05) is 44.2 Å². The summed E-state index contributed by atoms with van der Waals surface area (Å²) in [5.41, 5.74) is 2.30. The zero-order valence-electron chi connectivity index (χ0n) is 17.7. The fourth-order valence-corrected chi connectivity index (χ4v) is 5.77. The van der Waals surface area contributed by atoms with Gasteiger partial charge in [0.25, 0.3) is 5.56 Å². The Kier molecular flexibility index (Phi) is 5.36. The minimum absolute atomic E-state index is 0.0201. The molecular formula is C24H26N4O2S. The van der Waals surface area contributed by atoms with Crippen LogP contribution in [0.2, 0.25) is 0 Å². The number of benzene rings is 1. The largest absolute Gasteiger partial charge is 0.339 e. The molecule has 5 rings (SSSR count). The summed E-state index contributed by atoms with van der Waals surface area (Å²) in [4.78, 5) is 36.8. The SMILES string of the molecule is Cn1c(N2CCN(C(=O)/C=C/c3ccccc3)CC2)nc2sc3c(c2c1=O)CCCC3. The Bertz CT molecular complexity index is 1200. The number of fused-ring (bicyclic) bond motifs is 3. The lowest BCUT2D eigenvalue weighted by Crippen LogP contribution is -2.49. The Morgan fingerprint density at radius 1 is 1.06 bits per heavy atom. The molecule has 1 saturated heterocycles. The third-order valence-electron chi connectivity index (χ3n) is 6.26. The van der Waals surface area contributed by atoms with Gasteiger partial charge in [0.2, 0.25) is 11.9 Å². The summed E-state index contributed by atoms with van der Waals surface area (Å²) in [6.45, 7) is 2.57. The van der Waals surface area contributed by atoms with Gasteiger partial charge in [0.05, 0.1) is 5.39 Å². The Morgan fingerprint density at radius 2 is 1.81 bits per heavy atom. The smallest absolute Gasteiger partial charge is 0.263 e. The number of anilines is 1. The maximum Gasteiger partial charge on any atom is 0.263 e. The zero-order valence-corrected chi connectivity index (χ0v) is 18.5. The predicted molar refractivity (Wildman–Crippen MR) is 126 cm³/mol. The summed E-state index contributed by atoms with van der Waals surface area (Å²) in [7, 11) is 1.82. The van der Waals surface area contributed by atoms with Gasteiger partial charge in [-0.25, -0.2) is 4.98 Å². The van der Waals surface area contributed by atoms with Crippen molar-refractivity contribution in [1.82, 2.24) is 14.5 Å². The van der Waals surface area contributed by atoms with E-state index in [9.17, 15) is 9.59 Å². The molecule has 2 aliphatic rings. The summed E-state index contributed by atoms with van der Waals surface area (Å²) in [5.74, 6) is 0.731. The summed E-state index contributed by atoms with van der Waals surface area (Å²) >= 11 is 1.69. The fourth-order valence-electron chi connectivity index (χ4n) is 4.52. The van der Waals surface area contributed by atoms with Crippen LogP contribution in [0.25, 0.3) is 16.3 Å². The van der Waals surface area contributed by atoms with Crippen molar-refractivity contribution in [2.45, 2.75) is 25.7 Å². The van der Waals surface area contributed by atoms with E-state index in [4.69, 9.17) is 4.98 Å². The van der Waals surface area contributed by atoms with Crippen LogP contribution in [0.5, 0.6) is 0 Å². The third-order valence-corrected chi connectivity index (χ3v) is 7.45. The first kappa shape index (κ1) is 20.0. The fraction of sp³-hybridized carbons (Fsp3) is 0.375. The molecule has 31 heavy (non-hydrogen) atoms. The Morgan fingerprint density at radius 3 is 2.58 bits per heavy atom. The molecule has 6 nitrogen and oxygen atoms in total. The van der Waals surface area contributed by atoms with Crippen molar-refractivity contribution in [3.63, 3.8) is 0 Å². The van der Waals surface area contributed by atoms with Gasteiger partial charge >= 0.3 is 0 Å². The number of rotatable bonds is 3. The maximum absolute atomic E-state index is 13.1. The summed E-state index contributed by atoms with van der Waals surface area (Å²) < 4.78 is 1.69. The number of nitrogens with zero attached hydrogens (tertiary/aromatic N) is 4. The van der Waals surface area contributed by atoms with Crippen LogP contribution >= 0.6 is 11.3 Å². The molecule has 1 amide bonds. The Balaban J connectivity index is 1.32. The second-order valence-electron chi connectivity index (χ2n) is 8.22. The number of thiophene rings is 1. The number of aromatic nitrogens is 2. The first-order chi connectivity index (χ1) is 15.1. The van der Waals surface area contributed by atoms with Gasteiger partial charge in [-0.1, -0.05) is 30.3 Å². The van der Waals surface area contributed by atoms with E-state index < -0.39 is 0 Å². The van der Waals surface area contributed by atoms with Crippen LogP contribution < -0.4 is 10.5 Å². The van der Waals surface area contributed by atoms with E-state index >= 15 is 0 Å². The molecule has 0 N–H and O–H groups in total. The molecular weight excluding hydrogens is 408 g/mol. The Labute approximate surface area is 185 Å². The average molecular weight is 435 g/mol. The molecule has 3 aromatic rings. The van der Waals surface area contributed by atoms with Gasteiger partial charge < -0.3 is 9.80 Å². The molecule has 160 valence electrons. The molecule has 2 aromatic heterocycles. The van der Waals surface area contributed by atoms with Crippen LogP contribution in [-0.4, -0.2) is 46.5 Å². The van der Waals surface area contributed by atoms with Gasteiger partial charge in [0.1, 0.15) is 4.83 Å². The number of aryl methyl sites for hydroxylation is 2. The van der Waals surface area contributed by atoms with Gasteiger partial charge in [-0.3, -0.25) is 14.2 Å². The van der Waals surface area contributed by atoms with Crippen LogP contribution in [0, 0.1) is 0 Å². The minimum atomic E-state index is 0.0201. The van der Waals surface area contributed by atoms with Gasteiger partial charge in [-0.2, -0.15) is 0 Å². The summed E-state index contributed by atoms with van der Waals surface area (Å²) in [6.07, 6.45) is 7.89. The second kappa shape index (κ2) is 8.30. The molecule has 1 aliphatic heterocycles. The number of carbonyl (C=O) groups is 1. The molecule has 1 aromatic carbocycles. The second-order valence-corrected chi connectivity index (χ2v) is 9.31. The molecule has 0 saturated carbocycles. The van der Waals surface area contributed by atoms with Crippen molar-refractivity contribution in [2.75, 3.05) is 31.1 Å². The molecule has 0 atom stereocenters. The number of piperazine rings is 1. The maximum atomic E-state index is 13.1. The zero-order chi connectivity index (χ0) is 21.4. The highest BCUT2D eigenvalue weighted by atomic mass is 32.1. The first-order valence-corrected chi connectivity index (χ1v) is 11.7. The standard InChI is InChI=1S/C24H26N4O2S/c1-26-23(30)21-18-9-5-6-10-19(18)31-22(21)25-24(26)28-15-13-27(14-16-28)20(29)12-11-17-7-3-2-4-8-17/h2-4,7-8,11-12H,5-6,9-10,13-16H2,1H3/b12-11+. The van der Waals surface area contributed by atoms with Crippen molar-refractivity contribution >= 4 is 39.5 Å². The minimum Gasteiger partial charge on any atom is -0.339 e. The van der Waals surface area contributed by atoms with E-state index in [2.05, 4.69) is 4.90 Å². The monoisotopic (exact) mass is 434 g/mol. The molecule has 7 heteroatoms. The lowest BCUT2D eigenvalue weighted by Gasteiger charge is -2.35. The van der Waals surface area contributed by atoms with Crippen molar-refractivity contribution in [3.05, 3.63) is 62.8 Å². The lowest BCUT2D eigenvalue weighted by molar-refractivity contribution is -0.126. The number of hydrogen-bond donors (Lipinski definition) is 0. The predicted octanol–water partition coefficient (Wildman–Crippen LogP) is 3.24. The van der Waals surface area contributed by atoms with Gasteiger partial charge in [-0.05, 0) is 42.9 Å². The normalized spacial score (nSPS) is 16.8. The lowest BCUT2D eigenvalue weighted by atomic mass is 9.97. The molecule has 1 fully saturated rings. The Hall–Kier alpha value is -2.93. The van der Waals surface area contributed by atoms with Gasteiger partial charge in [0.15, 0.2) is 0 Å². The molecule has 0 unspecified atom stereocenters. The van der Waals surface area contributed by atoms with Crippen molar-refractivity contribution in [1.29, 1.82) is 0 Å². The third kappa shape index (κ3) is 3.78. The van der Waals surface area contributed by atoms with Crippen molar-refractivity contribution in [3.8, 4) is 0 Å². The van der Waals surface area contributed by atoms with E-state index in [1.165, 1.54) is 16.9 Å². The van der Waals surface area contributed by atoms with Gasteiger partial charge in [-0.15, -0.1) is 11.3 Å². The molecule has 3 heterocycles. The molecule has 0 spiro atoms. The summed E-state index contributed by atoms with van der Waals surface area (Å²) in [5, 5.41) is 0.825. The van der Waals surface area contributed by atoms with Crippen LogP contribution in [0.15, 0.2) is 41.2 Å². The van der Waals surface area contributed by atoms with E-state index in [0.29, 0.717) is 32.1 Å². The quantitative estimate of drug-likeness (QED) is 0.594. The summed E-state index contributed by atoms with van der Waals surface area (Å²) in [6, 6.07) is 9.84. The van der Waals surface area contributed by atoms with Crippen LogP contribution in [-0.2, 0) is 24.7 Å². The first-order valence-electron chi connectivity index (χ1n) is 10.9. The van der Waals surface area contributed by atoms with E-state index in [1.807, 2.05) is 48.4 Å². The van der Waals surface area contributed by atoms with Crippen molar-refractivity contribution < 1.29 is 4.79 Å². The highest BCUT2D eigenvalue weighted by molar-refractivity contribution is 7.18. The van der Waals surface area contributed by atoms with Crippen molar-refractivity contribution in [2.24, 2.45) is 7.05 Å². The van der Waals surface area contributed by atoms with E-state index in [0.717, 1.165) is 35.0 Å². The van der Waals surface area contributed by atoms with Crippen LogP contribution in [0.1, 0.15) is 28.8 Å². The highest BCUT2D eigenvalue weighted by Crippen LogP contribution is 2.34. The number of hydrogen-bond acceptors (Lipinski definition) is 5. The van der Waals surface area contributed by atoms with Crippen LogP contribution in [0.3, 0.4) is 0 Å². The number of carbonyl (C=O) groups excluding carboxylic acids is 1. The highest BCUT2D eigenvalue weighted by Gasteiger charge is 2.25. The molecule has 0 bridgehead atoms. The van der Waals surface area contributed by atoms with E-state index in [-0.39, 0.29) is 11.5 Å².